The summed E-state index contributed by atoms with van der Waals surface area (Å²) in [6.07, 6.45) is 6.33. The zero-order chi connectivity index (χ0) is 13.1. The van der Waals surface area contributed by atoms with Gasteiger partial charge < -0.3 is 4.90 Å². The van der Waals surface area contributed by atoms with E-state index in [4.69, 9.17) is 0 Å². The monoisotopic (exact) mass is 252 g/mol. The molecule has 2 fully saturated rings. The van der Waals surface area contributed by atoms with Gasteiger partial charge in [-0.1, -0.05) is 33.1 Å². The lowest BCUT2D eigenvalue weighted by Crippen LogP contribution is -2.54. The zero-order valence-electron chi connectivity index (χ0n) is 11.4. The molecule has 1 saturated carbocycles. The van der Waals surface area contributed by atoms with E-state index in [0.29, 0.717) is 12.5 Å². The number of imide groups is 1. The second kappa shape index (κ2) is 5.72. The molecule has 4 nitrogen and oxygen atoms in total. The van der Waals surface area contributed by atoms with Crippen molar-refractivity contribution in [2.24, 2.45) is 17.8 Å². The van der Waals surface area contributed by atoms with Crippen molar-refractivity contribution in [2.75, 3.05) is 13.1 Å². The smallest absolute Gasteiger partial charge is 0.323 e. The van der Waals surface area contributed by atoms with Crippen LogP contribution in [0.4, 0.5) is 4.79 Å². The van der Waals surface area contributed by atoms with Crippen molar-refractivity contribution < 1.29 is 9.59 Å². The second-order valence-corrected chi connectivity index (χ2v) is 5.90. The fraction of sp³-hybridized carbons (Fsp3) is 0.857. The van der Waals surface area contributed by atoms with Gasteiger partial charge in [-0.15, -0.1) is 0 Å². The van der Waals surface area contributed by atoms with Crippen molar-refractivity contribution in [3.05, 3.63) is 0 Å². The molecule has 0 aromatic carbocycles. The molecular formula is C14H24N2O2. The number of hydrogen-bond donors (Lipinski definition) is 1. The van der Waals surface area contributed by atoms with E-state index in [1.165, 1.54) is 32.1 Å². The lowest BCUT2D eigenvalue weighted by Gasteiger charge is -2.35. The van der Waals surface area contributed by atoms with E-state index in [9.17, 15) is 9.59 Å². The molecule has 0 spiro atoms. The van der Waals surface area contributed by atoms with E-state index in [2.05, 4.69) is 12.2 Å². The minimum Gasteiger partial charge on any atom is -0.323 e. The molecule has 2 rings (SSSR count). The lowest BCUT2D eigenvalue weighted by molar-refractivity contribution is -0.125. The second-order valence-electron chi connectivity index (χ2n) is 5.90. The van der Waals surface area contributed by atoms with Crippen LogP contribution < -0.4 is 5.32 Å². The Labute approximate surface area is 109 Å². The molecule has 1 N–H and O–H groups in total. The third kappa shape index (κ3) is 3.03. The van der Waals surface area contributed by atoms with Gasteiger partial charge in [0.05, 0.1) is 5.92 Å². The van der Waals surface area contributed by atoms with Gasteiger partial charge in [0.25, 0.3) is 0 Å². The maximum absolute atomic E-state index is 11.7. The Bertz CT molecular complexity index is 322. The van der Waals surface area contributed by atoms with E-state index in [1.54, 1.807) is 0 Å². The number of nitrogens with zero attached hydrogens (tertiary/aromatic N) is 1. The summed E-state index contributed by atoms with van der Waals surface area (Å²) in [5, 5.41) is 2.44. The van der Waals surface area contributed by atoms with Crippen molar-refractivity contribution in [3.63, 3.8) is 0 Å². The number of amides is 3. The minimum absolute atomic E-state index is 0.0744. The number of hydrogen-bond acceptors (Lipinski definition) is 2. The van der Waals surface area contributed by atoms with Crippen LogP contribution in [0.15, 0.2) is 0 Å². The van der Waals surface area contributed by atoms with Gasteiger partial charge in [-0.05, 0) is 24.7 Å². The normalized spacial score (nSPS) is 33.4. The van der Waals surface area contributed by atoms with Crippen LogP contribution in [-0.4, -0.2) is 29.9 Å². The van der Waals surface area contributed by atoms with E-state index >= 15 is 0 Å². The Balaban J connectivity index is 1.83. The maximum Gasteiger partial charge on any atom is 0.324 e. The van der Waals surface area contributed by atoms with Gasteiger partial charge in [0.2, 0.25) is 5.91 Å². The molecular weight excluding hydrogens is 228 g/mol. The summed E-state index contributed by atoms with van der Waals surface area (Å²) in [5.41, 5.74) is 0. The molecule has 0 aromatic heterocycles. The van der Waals surface area contributed by atoms with Crippen molar-refractivity contribution >= 4 is 11.9 Å². The Morgan fingerprint density at radius 3 is 2.39 bits per heavy atom. The highest BCUT2D eigenvalue weighted by Crippen LogP contribution is 2.31. The predicted molar refractivity (Wildman–Crippen MR) is 70.0 cm³/mol. The SMILES string of the molecule is CCC1CCC(CN2CC(C)C(=O)NC2=O)CC1. The highest BCUT2D eigenvalue weighted by atomic mass is 16.2. The van der Waals surface area contributed by atoms with E-state index in [0.717, 1.165) is 12.5 Å². The standard InChI is InChI=1S/C14H24N2O2/c1-3-11-4-6-12(7-5-11)9-16-8-10(2)13(17)15-14(16)18/h10-12H,3-9H2,1-2H3,(H,15,17,18). The number of urea groups is 1. The highest BCUT2D eigenvalue weighted by Gasteiger charge is 2.31. The lowest BCUT2D eigenvalue weighted by atomic mass is 9.80. The Hall–Kier alpha value is -1.06. The van der Waals surface area contributed by atoms with Crippen LogP contribution in [0.2, 0.25) is 0 Å². The van der Waals surface area contributed by atoms with Crippen molar-refractivity contribution in [1.82, 2.24) is 10.2 Å². The summed E-state index contributed by atoms with van der Waals surface area (Å²) >= 11 is 0. The third-order valence-electron chi connectivity index (χ3n) is 4.48. The first-order chi connectivity index (χ1) is 8.60. The average Bonchev–Trinajstić information content (AvgIpc) is 2.37. The van der Waals surface area contributed by atoms with Gasteiger partial charge in [-0.2, -0.15) is 0 Å². The van der Waals surface area contributed by atoms with Crippen LogP contribution in [-0.2, 0) is 4.79 Å². The van der Waals surface area contributed by atoms with Crippen LogP contribution in [0, 0.1) is 17.8 Å². The van der Waals surface area contributed by atoms with Gasteiger partial charge >= 0.3 is 6.03 Å². The van der Waals surface area contributed by atoms with Crippen LogP contribution in [0.5, 0.6) is 0 Å². The largest absolute Gasteiger partial charge is 0.324 e. The van der Waals surface area contributed by atoms with E-state index in [-0.39, 0.29) is 17.9 Å². The number of nitrogens with one attached hydrogen (secondary N) is 1. The van der Waals surface area contributed by atoms with Gasteiger partial charge in [0.15, 0.2) is 0 Å². The Morgan fingerprint density at radius 1 is 1.17 bits per heavy atom. The zero-order valence-corrected chi connectivity index (χ0v) is 11.4. The first-order valence-electron chi connectivity index (χ1n) is 7.20. The molecule has 4 heteroatoms. The first-order valence-corrected chi connectivity index (χ1v) is 7.20. The first kappa shape index (κ1) is 13.4. The quantitative estimate of drug-likeness (QED) is 0.838. The van der Waals surface area contributed by atoms with Crippen molar-refractivity contribution in [3.8, 4) is 0 Å². The number of rotatable bonds is 3. The Morgan fingerprint density at radius 2 is 1.78 bits per heavy atom. The molecule has 1 unspecified atom stereocenters. The fourth-order valence-electron chi connectivity index (χ4n) is 3.10. The minimum atomic E-state index is -0.198. The molecule has 0 aromatic rings. The van der Waals surface area contributed by atoms with Crippen LogP contribution >= 0.6 is 0 Å². The maximum atomic E-state index is 11.7. The van der Waals surface area contributed by atoms with Gasteiger partial charge in [-0.3, -0.25) is 10.1 Å². The van der Waals surface area contributed by atoms with Crippen molar-refractivity contribution in [1.29, 1.82) is 0 Å². The molecule has 1 aliphatic heterocycles. The number of carbonyl (C=O) groups excluding carboxylic acids is 2. The molecule has 0 radical (unpaired) electrons. The Kier molecular flexibility index (Phi) is 4.25. The average molecular weight is 252 g/mol. The topological polar surface area (TPSA) is 49.4 Å². The van der Waals surface area contributed by atoms with Crippen molar-refractivity contribution in [2.45, 2.75) is 46.0 Å². The van der Waals surface area contributed by atoms with E-state index < -0.39 is 0 Å². The molecule has 1 heterocycles. The molecule has 0 bridgehead atoms. The van der Waals surface area contributed by atoms with Gasteiger partial charge in [-0.25, -0.2) is 4.79 Å². The predicted octanol–water partition coefficient (Wildman–Crippen LogP) is 2.39. The molecule has 1 atom stereocenters. The highest BCUT2D eigenvalue weighted by molar-refractivity contribution is 5.97. The third-order valence-corrected chi connectivity index (χ3v) is 4.48. The van der Waals surface area contributed by atoms with Crippen LogP contribution in [0.1, 0.15) is 46.0 Å². The molecule has 3 amide bonds. The molecule has 18 heavy (non-hydrogen) atoms. The summed E-state index contributed by atoms with van der Waals surface area (Å²) in [7, 11) is 0. The summed E-state index contributed by atoms with van der Waals surface area (Å²) < 4.78 is 0. The van der Waals surface area contributed by atoms with E-state index in [1.807, 2.05) is 11.8 Å². The molecule has 102 valence electrons. The molecule has 1 aliphatic carbocycles. The molecule has 2 aliphatic rings. The molecule has 1 saturated heterocycles. The number of carbonyl (C=O) groups is 2. The summed E-state index contributed by atoms with van der Waals surface area (Å²) in [6.45, 7) is 5.54. The summed E-state index contributed by atoms with van der Waals surface area (Å²) in [4.78, 5) is 24.9. The summed E-state index contributed by atoms with van der Waals surface area (Å²) in [6, 6.07) is -0.198. The van der Waals surface area contributed by atoms with Gasteiger partial charge in [0, 0.05) is 13.1 Å². The van der Waals surface area contributed by atoms with Crippen LogP contribution in [0.3, 0.4) is 0 Å². The summed E-state index contributed by atoms with van der Waals surface area (Å²) in [5.74, 6) is 1.30. The fourth-order valence-corrected chi connectivity index (χ4v) is 3.10. The van der Waals surface area contributed by atoms with Gasteiger partial charge in [0.1, 0.15) is 0 Å². The van der Waals surface area contributed by atoms with Crippen LogP contribution in [0.25, 0.3) is 0 Å².